The highest BCUT2D eigenvalue weighted by Gasteiger charge is 2.39. The Bertz CT molecular complexity index is 238. The second-order valence-corrected chi connectivity index (χ2v) is 4.05. The summed E-state index contributed by atoms with van der Waals surface area (Å²) < 4.78 is 25.5. The normalized spacial score (nSPS) is 25.9. The Labute approximate surface area is 86.1 Å². The van der Waals surface area contributed by atoms with Gasteiger partial charge in [-0.25, -0.2) is 8.78 Å². The number of hydrogen-bond donors (Lipinski definition) is 3. The summed E-state index contributed by atoms with van der Waals surface area (Å²) in [7, 11) is 0. The van der Waals surface area contributed by atoms with E-state index in [1.54, 1.807) is 0 Å². The van der Waals surface area contributed by atoms with Crippen LogP contribution in [0.3, 0.4) is 0 Å². The summed E-state index contributed by atoms with van der Waals surface area (Å²) in [6.07, 6.45) is -1.61. The van der Waals surface area contributed by atoms with Crippen LogP contribution < -0.4 is 5.73 Å². The molecular formula is C9H15F2NO3. The molecule has 88 valence electrons. The zero-order chi connectivity index (χ0) is 11.6. The van der Waals surface area contributed by atoms with Crippen LogP contribution in [0, 0.1) is 5.92 Å². The van der Waals surface area contributed by atoms with Gasteiger partial charge in [0.05, 0.1) is 6.10 Å². The SMILES string of the molecule is NC(C(=O)O)C(O)C1CCC(F)(F)CC1. The maximum absolute atomic E-state index is 12.8. The maximum atomic E-state index is 12.8. The van der Waals surface area contributed by atoms with Crippen molar-refractivity contribution in [2.75, 3.05) is 0 Å². The van der Waals surface area contributed by atoms with Gasteiger partial charge in [0.25, 0.3) is 0 Å². The highest BCUT2D eigenvalue weighted by molar-refractivity contribution is 5.73. The molecule has 6 heteroatoms. The monoisotopic (exact) mass is 223 g/mol. The highest BCUT2D eigenvalue weighted by Crippen LogP contribution is 2.37. The number of rotatable bonds is 3. The Morgan fingerprint density at radius 3 is 2.27 bits per heavy atom. The Balaban J connectivity index is 2.49. The molecule has 1 saturated carbocycles. The van der Waals surface area contributed by atoms with E-state index < -0.39 is 30.0 Å². The molecule has 1 rings (SSSR count). The number of nitrogens with two attached hydrogens (primary N) is 1. The fourth-order valence-corrected chi connectivity index (χ4v) is 1.84. The smallest absolute Gasteiger partial charge is 0.323 e. The van der Waals surface area contributed by atoms with Gasteiger partial charge in [-0.3, -0.25) is 4.79 Å². The van der Waals surface area contributed by atoms with E-state index in [1.165, 1.54) is 0 Å². The Morgan fingerprint density at radius 2 is 1.87 bits per heavy atom. The molecule has 1 aliphatic rings. The van der Waals surface area contributed by atoms with E-state index in [0.717, 1.165) is 0 Å². The molecule has 0 aromatic rings. The van der Waals surface area contributed by atoms with Crippen molar-refractivity contribution in [1.82, 2.24) is 0 Å². The number of carboxylic acid groups (broad SMARTS) is 1. The molecule has 4 N–H and O–H groups in total. The largest absolute Gasteiger partial charge is 0.480 e. The molecule has 4 nitrogen and oxygen atoms in total. The van der Waals surface area contributed by atoms with Crippen molar-refractivity contribution in [2.45, 2.75) is 43.8 Å². The van der Waals surface area contributed by atoms with E-state index in [2.05, 4.69) is 0 Å². The van der Waals surface area contributed by atoms with Gasteiger partial charge in [0.1, 0.15) is 6.04 Å². The van der Waals surface area contributed by atoms with Gasteiger partial charge in [0.2, 0.25) is 5.92 Å². The molecule has 1 fully saturated rings. The summed E-state index contributed by atoms with van der Waals surface area (Å²) in [6.45, 7) is 0. The molecule has 1 aliphatic carbocycles. The highest BCUT2D eigenvalue weighted by atomic mass is 19.3. The molecule has 0 saturated heterocycles. The number of aliphatic hydroxyl groups is 1. The third kappa shape index (κ3) is 3.10. The Morgan fingerprint density at radius 1 is 1.40 bits per heavy atom. The zero-order valence-corrected chi connectivity index (χ0v) is 8.20. The summed E-state index contributed by atoms with van der Waals surface area (Å²) in [5.74, 6) is -4.42. The standard InChI is InChI=1S/C9H15F2NO3/c10-9(11)3-1-5(2-4-9)7(13)6(12)8(14)15/h5-7,13H,1-4,12H2,(H,14,15). The average molecular weight is 223 g/mol. The van der Waals surface area contributed by atoms with Crippen LogP contribution in [0.5, 0.6) is 0 Å². The van der Waals surface area contributed by atoms with E-state index in [1.807, 2.05) is 0 Å². The lowest BCUT2D eigenvalue weighted by molar-refractivity contribution is -0.143. The lowest BCUT2D eigenvalue weighted by Gasteiger charge is -2.32. The van der Waals surface area contributed by atoms with Crippen molar-refractivity contribution in [3.63, 3.8) is 0 Å². The molecule has 15 heavy (non-hydrogen) atoms. The predicted molar refractivity (Wildman–Crippen MR) is 48.5 cm³/mol. The first kappa shape index (κ1) is 12.3. The van der Waals surface area contributed by atoms with E-state index >= 15 is 0 Å². The fraction of sp³-hybridized carbons (Fsp3) is 0.889. The third-order valence-corrected chi connectivity index (χ3v) is 2.90. The van der Waals surface area contributed by atoms with Crippen LogP contribution in [0.2, 0.25) is 0 Å². The fourth-order valence-electron chi connectivity index (χ4n) is 1.84. The molecule has 0 aromatic carbocycles. The summed E-state index contributed by atoms with van der Waals surface area (Å²) >= 11 is 0. The van der Waals surface area contributed by atoms with E-state index in [-0.39, 0.29) is 25.7 Å². The first-order valence-corrected chi connectivity index (χ1v) is 4.88. The second kappa shape index (κ2) is 4.40. The van der Waals surface area contributed by atoms with Gasteiger partial charge in [-0.2, -0.15) is 0 Å². The van der Waals surface area contributed by atoms with Crippen molar-refractivity contribution in [3.8, 4) is 0 Å². The van der Waals surface area contributed by atoms with Crippen molar-refractivity contribution in [2.24, 2.45) is 11.7 Å². The van der Waals surface area contributed by atoms with Gasteiger partial charge in [-0.15, -0.1) is 0 Å². The molecule has 0 amide bonds. The van der Waals surface area contributed by atoms with Crippen LogP contribution in [0.1, 0.15) is 25.7 Å². The lowest BCUT2D eigenvalue weighted by Crippen LogP contribution is -2.47. The molecule has 0 heterocycles. The Hall–Kier alpha value is -0.750. The molecule has 0 radical (unpaired) electrons. The predicted octanol–water partition coefficient (Wildman–Crippen LogP) is 0.585. The van der Waals surface area contributed by atoms with Crippen molar-refractivity contribution < 1.29 is 23.8 Å². The average Bonchev–Trinajstić information content (AvgIpc) is 2.15. The molecule has 2 unspecified atom stereocenters. The minimum absolute atomic E-state index is 0.120. The van der Waals surface area contributed by atoms with Gasteiger partial charge in [-0.1, -0.05) is 0 Å². The lowest BCUT2D eigenvalue weighted by atomic mass is 9.81. The van der Waals surface area contributed by atoms with E-state index in [0.29, 0.717) is 0 Å². The molecular weight excluding hydrogens is 208 g/mol. The van der Waals surface area contributed by atoms with Gasteiger partial charge < -0.3 is 15.9 Å². The maximum Gasteiger partial charge on any atom is 0.323 e. The minimum Gasteiger partial charge on any atom is -0.480 e. The number of hydrogen-bond acceptors (Lipinski definition) is 3. The van der Waals surface area contributed by atoms with Crippen LogP contribution in [-0.2, 0) is 4.79 Å². The molecule has 2 atom stereocenters. The van der Waals surface area contributed by atoms with E-state index in [4.69, 9.17) is 10.8 Å². The van der Waals surface area contributed by atoms with Gasteiger partial charge in [0.15, 0.2) is 0 Å². The van der Waals surface area contributed by atoms with Crippen LogP contribution >= 0.6 is 0 Å². The van der Waals surface area contributed by atoms with Gasteiger partial charge >= 0.3 is 5.97 Å². The zero-order valence-electron chi connectivity index (χ0n) is 8.20. The minimum atomic E-state index is -2.68. The van der Waals surface area contributed by atoms with E-state index in [9.17, 15) is 18.7 Å². The topological polar surface area (TPSA) is 83.6 Å². The number of alkyl halides is 2. The van der Waals surface area contributed by atoms with Crippen LogP contribution in [0.4, 0.5) is 8.78 Å². The first-order chi connectivity index (χ1) is 6.83. The summed E-state index contributed by atoms with van der Waals surface area (Å²) in [4.78, 5) is 10.5. The first-order valence-electron chi connectivity index (χ1n) is 4.88. The third-order valence-electron chi connectivity index (χ3n) is 2.90. The number of halogens is 2. The number of aliphatic hydroxyl groups excluding tert-OH is 1. The second-order valence-electron chi connectivity index (χ2n) is 4.05. The molecule has 0 spiro atoms. The molecule has 0 bridgehead atoms. The van der Waals surface area contributed by atoms with Crippen LogP contribution in [-0.4, -0.2) is 34.3 Å². The van der Waals surface area contributed by atoms with Crippen molar-refractivity contribution >= 4 is 5.97 Å². The quantitative estimate of drug-likeness (QED) is 0.653. The number of aliphatic carboxylic acids is 1. The van der Waals surface area contributed by atoms with Crippen LogP contribution in [0.25, 0.3) is 0 Å². The Kier molecular flexibility index (Phi) is 3.62. The summed E-state index contributed by atoms with van der Waals surface area (Å²) in [6, 6.07) is -1.39. The van der Waals surface area contributed by atoms with Crippen molar-refractivity contribution in [3.05, 3.63) is 0 Å². The van der Waals surface area contributed by atoms with Crippen LogP contribution in [0.15, 0.2) is 0 Å². The van der Waals surface area contributed by atoms with Gasteiger partial charge in [-0.05, 0) is 18.8 Å². The summed E-state index contributed by atoms with van der Waals surface area (Å²) in [5.41, 5.74) is 5.22. The summed E-state index contributed by atoms with van der Waals surface area (Å²) in [5, 5.41) is 18.1. The molecule has 0 aliphatic heterocycles. The number of carbonyl (C=O) groups is 1. The van der Waals surface area contributed by atoms with Gasteiger partial charge in [0, 0.05) is 12.8 Å². The molecule has 0 aromatic heterocycles. The number of carboxylic acids is 1. The van der Waals surface area contributed by atoms with Crippen molar-refractivity contribution in [1.29, 1.82) is 0 Å².